The first-order valence-corrected chi connectivity index (χ1v) is 7.09. The minimum Gasteiger partial charge on any atom is -0.327 e. The van der Waals surface area contributed by atoms with Gasteiger partial charge in [-0.1, -0.05) is 6.92 Å². The van der Waals surface area contributed by atoms with Crippen molar-refractivity contribution in [2.24, 2.45) is 5.73 Å². The van der Waals surface area contributed by atoms with Crippen LogP contribution in [0.3, 0.4) is 0 Å². The normalized spacial score (nSPS) is 13.7. The molecule has 0 radical (unpaired) electrons. The SMILES string of the molecule is CCC(N)CNS(=O)(=O)c1cncc(Br)c1. The van der Waals surface area contributed by atoms with Gasteiger partial charge in [-0.05, 0) is 28.4 Å². The van der Waals surface area contributed by atoms with Crippen LogP contribution in [0.1, 0.15) is 13.3 Å². The van der Waals surface area contributed by atoms with E-state index in [2.05, 4.69) is 25.6 Å². The van der Waals surface area contributed by atoms with Gasteiger partial charge in [-0.2, -0.15) is 0 Å². The van der Waals surface area contributed by atoms with Crippen molar-refractivity contribution in [3.8, 4) is 0 Å². The molecule has 0 saturated heterocycles. The summed E-state index contributed by atoms with van der Waals surface area (Å²) in [6, 6.07) is 1.32. The first-order valence-electron chi connectivity index (χ1n) is 4.81. The summed E-state index contributed by atoms with van der Waals surface area (Å²) in [6.07, 6.45) is 3.54. The number of aromatic nitrogens is 1. The number of pyridine rings is 1. The standard InChI is InChI=1S/C9H14BrN3O2S/c1-2-8(11)5-13-16(14,15)9-3-7(10)4-12-6-9/h3-4,6,8,13H,2,5,11H2,1H3. The second-order valence-electron chi connectivity index (χ2n) is 3.36. The quantitative estimate of drug-likeness (QED) is 0.845. The minimum absolute atomic E-state index is 0.130. The zero-order valence-corrected chi connectivity index (χ0v) is 11.3. The van der Waals surface area contributed by atoms with Gasteiger partial charge in [0.05, 0.1) is 0 Å². The molecule has 1 aromatic rings. The molecule has 1 unspecified atom stereocenters. The molecule has 1 aromatic heterocycles. The van der Waals surface area contributed by atoms with Crippen molar-refractivity contribution in [3.63, 3.8) is 0 Å². The number of nitrogens with one attached hydrogen (secondary N) is 1. The highest BCUT2D eigenvalue weighted by atomic mass is 79.9. The molecule has 0 aliphatic heterocycles. The first kappa shape index (κ1) is 13.6. The Hall–Kier alpha value is -0.500. The predicted octanol–water partition coefficient (Wildman–Crippen LogP) is 0.860. The van der Waals surface area contributed by atoms with Crippen molar-refractivity contribution >= 4 is 26.0 Å². The second-order valence-corrected chi connectivity index (χ2v) is 6.04. The summed E-state index contributed by atoms with van der Waals surface area (Å²) in [6.45, 7) is 2.13. The molecule has 3 N–H and O–H groups in total. The van der Waals surface area contributed by atoms with E-state index in [1.807, 2.05) is 6.92 Å². The average Bonchev–Trinajstić information content (AvgIpc) is 2.26. The minimum atomic E-state index is -3.51. The van der Waals surface area contributed by atoms with E-state index in [0.29, 0.717) is 4.47 Å². The summed E-state index contributed by atoms with van der Waals surface area (Å²) >= 11 is 3.17. The maximum atomic E-state index is 11.8. The van der Waals surface area contributed by atoms with Gasteiger partial charge in [-0.15, -0.1) is 0 Å². The molecule has 0 bridgehead atoms. The summed E-state index contributed by atoms with van der Waals surface area (Å²) in [7, 11) is -3.51. The molecule has 1 heterocycles. The Bertz CT molecular complexity index is 450. The molecular formula is C9H14BrN3O2S. The molecule has 0 saturated carbocycles. The van der Waals surface area contributed by atoms with E-state index >= 15 is 0 Å². The molecule has 0 aliphatic rings. The van der Waals surface area contributed by atoms with Gasteiger partial charge in [-0.3, -0.25) is 4.98 Å². The molecule has 1 atom stereocenters. The number of nitrogens with zero attached hydrogens (tertiary/aromatic N) is 1. The second kappa shape index (κ2) is 5.72. The largest absolute Gasteiger partial charge is 0.327 e. The third-order valence-corrected chi connectivity index (χ3v) is 3.87. The van der Waals surface area contributed by atoms with Crippen LogP contribution in [0, 0.1) is 0 Å². The van der Waals surface area contributed by atoms with Crippen molar-refractivity contribution in [2.75, 3.05) is 6.54 Å². The highest BCUT2D eigenvalue weighted by Gasteiger charge is 2.15. The fraction of sp³-hybridized carbons (Fsp3) is 0.444. The summed E-state index contributed by atoms with van der Waals surface area (Å²) in [5.74, 6) is 0. The third kappa shape index (κ3) is 3.82. The van der Waals surface area contributed by atoms with Crippen molar-refractivity contribution in [2.45, 2.75) is 24.3 Å². The lowest BCUT2D eigenvalue weighted by atomic mass is 10.2. The molecule has 0 aromatic carbocycles. The first-order chi connectivity index (χ1) is 7.45. The van der Waals surface area contributed by atoms with E-state index in [4.69, 9.17) is 5.73 Å². The predicted molar refractivity (Wildman–Crippen MR) is 65.4 cm³/mol. The molecule has 1 rings (SSSR count). The Morgan fingerprint density at radius 3 is 2.81 bits per heavy atom. The van der Waals surface area contributed by atoms with Crippen molar-refractivity contribution in [1.29, 1.82) is 0 Å². The van der Waals surface area contributed by atoms with E-state index in [1.165, 1.54) is 18.5 Å². The van der Waals surface area contributed by atoms with Gasteiger partial charge in [0, 0.05) is 29.5 Å². The molecule has 90 valence electrons. The van der Waals surface area contributed by atoms with E-state index in [-0.39, 0.29) is 17.5 Å². The van der Waals surface area contributed by atoms with Crippen molar-refractivity contribution < 1.29 is 8.42 Å². The van der Waals surface area contributed by atoms with E-state index < -0.39 is 10.0 Å². The molecular weight excluding hydrogens is 294 g/mol. The highest BCUT2D eigenvalue weighted by Crippen LogP contribution is 2.13. The van der Waals surface area contributed by atoms with E-state index in [1.54, 1.807) is 0 Å². The number of halogens is 1. The van der Waals surface area contributed by atoms with Crippen LogP contribution in [0.4, 0.5) is 0 Å². The molecule has 0 aliphatic carbocycles. The van der Waals surface area contributed by atoms with Crippen LogP contribution in [0.15, 0.2) is 27.8 Å². The smallest absolute Gasteiger partial charge is 0.242 e. The zero-order valence-electron chi connectivity index (χ0n) is 8.85. The Morgan fingerprint density at radius 2 is 2.25 bits per heavy atom. The number of hydrogen-bond acceptors (Lipinski definition) is 4. The maximum Gasteiger partial charge on any atom is 0.242 e. The monoisotopic (exact) mass is 307 g/mol. The van der Waals surface area contributed by atoms with Crippen LogP contribution in [-0.4, -0.2) is 26.0 Å². The molecule has 0 spiro atoms. The third-order valence-electron chi connectivity index (χ3n) is 2.05. The van der Waals surface area contributed by atoms with Crippen molar-refractivity contribution in [3.05, 3.63) is 22.9 Å². The number of rotatable bonds is 5. The lowest BCUT2D eigenvalue weighted by Crippen LogP contribution is -2.36. The van der Waals surface area contributed by atoms with E-state index in [9.17, 15) is 8.42 Å². The molecule has 5 nitrogen and oxygen atoms in total. The number of nitrogens with two attached hydrogens (primary N) is 1. The van der Waals surface area contributed by atoms with Gasteiger partial charge in [0.1, 0.15) is 4.90 Å². The van der Waals surface area contributed by atoms with Gasteiger partial charge in [0.25, 0.3) is 0 Å². The Balaban J connectivity index is 2.78. The molecule has 16 heavy (non-hydrogen) atoms. The highest BCUT2D eigenvalue weighted by molar-refractivity contribution is 9.10. The summed E-state index contributed by atoms with van der Waals surface area (Å²) < 4.78 is 26.6. The van der Waals surface area contributed by atoms with Crippen LogP contribution >= 0.6 is 15.9 Å². The Kier molecular flexibility index (Phi) is 4.85. The number of hydrogen-bond donors (Lipinski definition) is 2. The van der Waals surface area contributed by atoms with Gasteiger partial charge >= 0.3 is 0 Å². The molecule has 7 heteroatoms. The lowest BCUT2D eigenvalue weighted by Gasteiger charge is -2.10. The van der Waals surface area contributed by atoms with Crippen LogP contribution < -0.4 is 10.5 Å². The summed E-state index contributed by atoms with van der Waals surface area (Å²) in [5, 5.41) is 0. The fourth-order valence-electron chi connectivity index (χ4n) is 0.984. The van der Waals surface area contributed by atoms with E-state index in [0.717, 1.165) is 6.42 Å². The van der Waals surface area contributed by atoms with Gasteiger partial charge in [0.2, 0.25) is 10.0 Å². The lowest BCUT2D eigenvalue weighted by molar-refractivity contribution is 0.563. The van der Waals surface area contributed by atoms with Crippen LogP contribution in [-0.2, 0) is 10.0 Å². The topological polar surface area (TPSA) is 85.1 Å². The van der Waals surface area contributed by atoms with Crippen LogP contribution in [0.2, 0.25) is 0 Å². The van der Waals surface area contributed by atoms with Crippen LogP contribution in [0.25, 0.3) is 0 Å². The fourth-order valence-corrected chi connectivity index (χ4v) is 2.58. The summed E-state index contributed by atoms with van der Waals surface area (Å²) in [4.78, 5) is 3.93. The Labute approximate surface area is 104 Å². The van der Waals surface area contributed by atoms with Gasteiger partial charge in [-0.25, -0.2) is 13.1 Å². The van der Waals surface area contributed by atoms with Crippen molar-refractivity contribution in [1.82, 2.24) is 9.71 Å². The Morgan fingerprint density at radius 1 is 1.56 bits per heavy atom. The number of sulfonamides is 1. The maximum absolute atomic E-state index is 11.8. The average molecular weight is 308 g/mol. The summed E-state index contributed by atoms with van der Waals surface area (Å²) in [5.41, 5.74) is 5.64. The van der Waals surface area contributed by atoms with Gasteiger partial charge < -0.3 is 5.73 Å². The molecule has 0 fully saturated rings. The molecule has 0 amide bonds. The van der Waals surface area contributed by atoms with Crippen LogP contribution in [0.5, 0.6) is 0 Å². The zero-order chi connectivity index (χ0) is 12.2. The van der Waals surface area contributed by atoms with Gasteiger partial charge in [0.15, 0.2) is 0 Å².